The SMILES string of the molecule is CCCCCCc1cc(-c2cc(C(F)(F)F)cc(C(F)(F)F)c2)sc1Cl. The van der Waals surface area contributed by atoms with E-state index in [0.29, 0.717) is 15.6 Å². The summed E-state index contributed by atoms with van der Waals surface area (Å²) in [5, 5.41) is 0. The van der Waals surface area contributed by atoms with E-state index in [0.717, 1.165) is 54.7 Å². The van der Waals surface area contributed by atoms with Crippen LogP contribution < -0.4 is 0 Å². The second-order valence-electron chi connectivity index (χ2n) is 6.01. The van der Waals surface area contributed by atoms with Crippen LogP contribution in [0.4, 0.5) is 26.3 Å². The van der Waals surface area contributed by atoms with Crippen molar-refractivity contribution in [2.45, 2.75) is 51.4 Å². The molecule has 0 radical (unpaired) electrons. The fourth-order valence-electron chi connectivity index (χ4n) is 2.56. The van der Waals surface area contributed by atoms with Crippen LogP contribution in [0.15, 0.2) is 24.3 Å². The summed E-state index contributed by atoms with van der Waals surface area (Å²) in [7, 11) is 0. The average Bonchev–Trinajstić information content (AvgIpc) is 2.90. The molecule has 0 fully saturated rings. The van der Waals surface area contributed by atoms with Gasteiger partial charge < -0.3 is 0 Å². The van der Waals surface area contributed by atoms with E-state index in [2.05, 4.69) is 6.92 Å². The fraction of sp³-hybridized carbons (Fsp3) is 0.444. The van der Waals surface area contributed by atoms with E-state index in [1.54, 1.807) is 6.07 Å². The zero-order chi connectivity index (χ0) is 19.5. The molecule has 0 aliphatic rings. The van der Waals surface area contributed by atoms with Crippen molar-refractivity contribution in [3.05, 3.63) is 45.3 Å². The van der Waals surface area contributed by atoms with Gasteiger partial charge in [-0.15, -0.1) is 11.3 Å². The molecule has 26 heavy (non-hydrogen) atoms. The summed E-state index contributed by atoms with van der Waals surface area (Å²) in [6, 6.07) is 3.19. The van der Waals surface area contributed by atoms with E-state index in [9.17, 15) is 26.3 Å². The Labute approximate surface area is 156 Å². The zero-order valence-corrected chi connectivity index (χ0v) is 15.5. The molecule has 2 rings (SSSR count). The molecule has 0 saturated heterocycles. The summed E-state index contributed by atoms with van der Waals surface area (Å²) in [5.74, 6) is 0. The Hall–Kier alpha value is -1.21. The highest BCUT2D eigenvalue weighted by Gasteiger charge is 2.37. The largest absolute Gasteiger partial charge is 0.416 e. The molecule has 0 nitrogen and oxygen atoms in total. The molecule has 8 heteroatoms. The van der Waals surface area contributed by atoms with Crippen molar-refractivity contribution in [2.75, 3.05) is 0 Å². The molecule has 1 aromatic heterocycles. The van der Waals surface area contributed by atoms with Crippen LogP contribution in [0.3, 0.4) is 0 Å². The van der Waals surface area contributed by atoms with E-state index >= 15 is 0 Å². The van der Waals surface area contributed by atoms with E-state index in [1.165, 1.54) is 0 Å². The smallest absolute Gasteiger partial charge is 0.166 e. The van der Waals surface area contributed by atoms with Crippen LogP contribution in [0, 0.1) is 0 Å². The summed E-state index contributed by atoms with van der Waals surface area (Å²) < 4.78 is 78.3. The molecule has 0 bridgehead atoms. The Morgan fingerprint density at radius 1 is 0.846 bits per heavy atom. The number of rotatable bonds is 6. The van der Waals surface area contributed by atoms with Gasteiger partial charge in [-0.25, -0.2) is 0 Å². The quantitative estimate of drug-likeness (QED) is 0.330. The molecule has 0 aliphatic heterocycles. The van der Waals surface area contributed by atoms with E-state index < -0.39 is 23.5 Å². The van der Waals surface area contributed by atoms with Crippen molar-refractivity contribution in [1.82, 2.24) is 0 Å². The van der Waals surface area contributed by atoms with Gasteiger partial charge in [-0.05, 0) is 48.2 Å². The lowest BCUT2D eigenvalue weighted by Gasteiger charge is -2.13. The number of aryl methyl sites for hydroxylation is 1. The first-order valence-electron chi connectivity index (χ1n) is 8.10. The van der Waals surface area contributed by atoms with Gasteiger partial charge in [0.25, 0.3) is 0 Å². The summed E-state index contributed by atoms with van der Waals surface area (Å²) in [4.78, 5) is 0.303. The molecule has 0 amide bonds. The van der Waals surface area contributed by atoms with Crippen molar-refractivity contribution in [2.24, 2.45) is 0 Å². The highest BCUT2D eigenvalue weighted by atomic mass is 35.5. The van der Waals surface area contributed by atoms with Crippen LogP contribution in [-0.4, -0.2) is 0 Å². The number of hydrogen-bond acceptors (Lipinski definition) is 1. The molecule has 1 heterocycles. The van der Waals surface area contributed by atoms with Gasteiger partial charge in [-0.1, -0.05) is 37.8 Å². The first-order valence-corrected chi connectivity index (χ1v) is 9.30. The number of unbranched alkanes of at least 4 members (excludes halogenated alkanes) is 3. The first-order chi connectivity index (χ1) is 12.0. The molecule has 0 saturated carbocycles. The lowest BCUT2D eigenvalue weighted by molar-refractivity contribution is -0.143. The third-order valence-electron chi connectivity index (χ3n) is 3.93. The molecule has 1 aromatic carbocycles. The summed E-state index contributed by atoms with van der Waals surface area (Å²) >= 11 is 7.14. The molecular formula is C18H17ClF6S. The predicted molar refractivity (Wildman–Crippen MR) is 92.6 cm³/mol. The highest BCUT2D eigenvalue weighted by molar-refractivity contribution is 7.19. The number of thiophene rings is 1. The van der Waals surface area contributed by atoms with Crippen molar-refractivity contribution < 1.29 is 26.3 Å². The van der Waals surface area contributed by atoms with Gasteiger partial charge in [-0.2, -0.15) is 26.3 Å². The van der Waals surface area contributed by atoms with E-state index in [4.69, 9.17) is 11.6 Å². The first kappa shape index (κ1) is 21.1. The van der Waals surface area contributed by atoms with Crippen molar-refractivity contribution >= 4 is 22.9 Å². The Balaban J connectivity index is 2.38. The number of hydrogen-bond donors (Lipinski definition) is 0. The van der Waals surface area contributed by atoms with E-state index in [-0.39, 0.29) is 11.6 Å². The maximum atomic E-state index is 13.0. The maximum absolute atomic E-state index is 13.0. The summed E-state index contributed by atoms with van der Waals surface area (Å²) in [5.41, 5.74) is -2.01. The third kappa shape index (κ3) is 5.39. The lowest BCUT2D eigenvalue weighted by Crippen LogP contribution is -2.10. The summed E-state index contributed by atoms with van der Waals surface area (Å²) in [6.07, 6.45) is -5.06. The fourth-order valence-corrected chi connectivity index (χ4v) is 3.88. The van der Waals surface area contributed by atoms with Gasteiger partial charge in [0.2, 0.25) is 0 Å². The zero-order valence-electron chi connectivity index (χ0n) is 13.9. The van der Waals surface area contributed by atoms with Crippen LogP contribution in [0.1, 0.15) is 49.3 Å². The van der Waals surface area contributed by atoms with Crippen molar-refractivity contribution in [1.29, 1.82) is 0 Å². The molecule has 144 valence electrons. The normalized spacial score (nSPS) is 12.6. The van der Waals surface area contributed by atoms with Crippen LogP contribution in [0.2, 0.25) is 4.34 Å². The molecule has 0 unspecified atom stereocenters. The predicted octanol–water partition coefficient (Wildman–Crippen LogP) is 8.23. The van der Waals surface area contributed by atoms with Crippen molar-refractivity contribution in [3.8, 4) is 10.4 Å². The van der Waals surface area contributed by atoms with Gasteiger partial charge in [0.1, 0.15) is 0 Å². The van der Waals surface area contributed by atoms with Gasteiger partial charge >= 0.3 is 12.4 Å². The molecule has 2 aromatic rings. The average molecular weight is 415 g/mol. The monoisotopic (exact) mass is 414 g/mol. The topological polar surface area (TPSA) is 0 Å². The number of halogens is 7. The van der Waals surface area contributed by atoms with E-state index in [1.807, 2.05) is 0 Å². The Morgan fingerprint density at radius 2 is 1.42 bits per heavy atom. The minimum atomic E-state index is -4.86. The number of benzene rings is 1. The van der Waals surface area contributed by atoms with Crippen LogP contribution in [0.5, 0.6) is 0 Å². The second-order valence-corrected chi connectivity index (χ2v) is 7.67. The number of alkyl halides is 6. The Kier molecular flexibility index (Phi) is 6.66. The van der Waals surface area contributed by atoms with Gasteiger partial charge in [0, 0.05) is 4.88 Å². The standard InChI is InChI=1S/C18H17ClF6S/c1-2-3-4-5-6-11-9-15(26-16(11)19)12-7-13(17(20,21)22)10-14(8-12)18(23,24)25/h7-10H,2-6H2,1H3. The molecule has 0 atom stereocenters. The minimum Gasteiger partial charge on any atom is -0.166 e. The maximum Gasteiger partial charge on any atom is 0.416 e. The molecule has 0 spiro atoms. The van der Waals surface area contributed by atoms with Crippen LogP contribution >= 0.6 is 22.9 Å². The third-order valence-corrected chi connectivity index (χ3v) is 5.42. The molecule has 0 N–H and O–H groups in total. The van der Waals surface area contributed by atoms with Crippen LogP contribution in [-0.2, 0) is 18.8 Å². The minimum absolute atomic E-state index is 0.126. The van der Waals surface area contributed by atoms with Gasteiger partial charge in [0.05, 0.1) is 15.5 Å². The lowest BCUT2D eigenvalue weighted by atomic mass is 10.0. The van der Waals surface area contributed by atoms with Crippen molar-refractivity contribution in [3.63, 3.8) is 0 Å². The Bertz CT molecular complexity index is 713. The molecular weight excluding hydrogens is 398 g/mol. The highest BCUT2D eigenvalue weighted by Crippen LogP contribution is 2.42. The van der Waals surface area contributed by atoms with Gasteiger partial charge in [-0.3, -0.25) is 0 Å². The van der Waals surface area contributed by atoms with Crippen LogP contribution in [0.25, 0.3) is 10.4 Å². The van der Waals surface area contributed by atoms with Gasteiger partial charge in [0.15, 0.2) is 0 Å². The second kappa shape index (κ2) is 8.21. The molecule has 0 aliphatic carbocycles. The summed E-state index contributed by atoms with van der Waals surface area (Å²) in [6.45, 7) is 2.07. The Morgan fingerprint density at radius 3 is 1.92 bits per heavy atom.